The highest BCUT2D eigenvalue weighted by Crippen LogP contribution is 2.25. The van der Waals surface area contributed by atoms with E-state index in [9.17, 15) is 12.8 Å². The fraction of sp³-hybridized carbons (Fsp3) is 1.00. The Kier molecular flexibility index (Phi) is 7.91. The van der Waals surface area contributed by atoms with Crippen molar-refractivity contribution in [3.8, 4) is 0 Å². The Balaban J connectivity index is 4.16. The molecule has 0 aromatic rings. The molecule has 0 saturated carbocycles. The number of halogens is 1. The van der Waals surface area contributed by atoms with Crippen LogP contribution in [0.15, 0.2) is 0 Å². The van der Waals surface area contributed by atoms with E-state index in [-0.39, 0.29) is 24.5 Å². The van der Waals surface area contributed by atoms with Gasteiger partial charge in [-0.2, -0.15) is 0 Å². The minimum Gasteiger partial charge on any atom is -0.381 e. The third-order valence-electron chi connectivity index (χ3n) is 2.75. The molecule has 0 aliphatic rings. The van der Waals surface area contributed by atoms with Crippen LogP contribution in [0.25, 0.3) is 0 Å². The van der Waals surface area contributed by atoms with Crippen LogP contribution in [0.4, 0.5) is 4.39 Å². The molecule has 1 atom stereocenters. The van der Waals surface area contributed by atoms with Crippen molar-refractivity contribution in [2.75, 3.05) is 31.8 Å². The Morgan fingerprint density at radius 2 is 1.88 bits per heavy atom. The maximum atomic E-state index is 14.3. The van der Waals surface area contributed by atoms with Crippen LogP contribution in [0.2, 0.25) is 0 Å². The molecule has 0 aromatic carbocycles. The molecule has 17 heavy (non-hydrogen) atoms. The van der Waals surface area contributed by atoms with Gasteiger partial charge in [0.1, 0.15) is 15.5 Å². The minimum atomic E-state index is -3.01. The van der Waals surface area contributed by atoms with Gasteiger partial charge in [0.15, 0.2) is 0 Å². The predicted octanol–water partition coefficient (Wildman–Crippen LogP) is 1.29. The summed E-state index contributed by atoms with van der Waals surface area (Å²) in [6, 6.07) is 0. The molecule has 0 heterocycles. The van der Waals surface area contributed by atoms with Crippen molar-refractivity contribution < 1.29 is 17.5 Å². The lowest BCUT2D eigenvalue weighted by Gasteiger charge is -2.24. The van der Waals surface area contributed by atoms with Gasteiger partial charge in [0.25, 0.3) is 0 Å². The quantitative estimate of drug-likeness (QED) is 0.649. The summed E-state index contributed by atoms with van der Waals surface area (Å²) < 4.78 is 41.7. The summed E-state index contributed by atoms with van der Waals surface area (Å²) in [5, 5.41) is 0. The molecular weight excluding hydrogens is 245 g/mol. The van der Waals surface area contributed by atoms with Gasteiger partial charge in [0.05, 0.1) is 12.4 Å². The highest BCUT2D eigenvalue weighted by atomic mass is 32.2. The first-order chi connectivity index (χ1) is 7.89. The molecule has 0 radical (unpaired) electrons. The highest BCUT2D eigenvalue weighted by molar-refractivity contribution is 7.91. The van der Waals surface area contributed by atoms with Crippen LogP contribution in [0.3, 0.4) is 0 Å². The standard InChI is InChI=1S/C11H24FNO3S/c1-3-17(14,15)9-5-7-11(12,10-16-2)6-4-8-13/h3-10,13H2,1-2H3. The van der Waals surface area contributed by atoms with E-state index >= 15 is 0 Å². The van der Waals surface area contributed by atoms with Gasteiger partial charge in [-0.3, -0.25) is 0 Å². The molecule has 0 saturated heterocycles. The van der Waals surface area contributed by atoms with Gasteiger partial charge in [-0.15, -0.1) is 0 Å². The highest BCUT2D eigenvalue weighted by Gasteiger charge is 2.29. The predicted molar refractivity (Wildman–Crippen MR) is 67.6 cm³/mol. The normalized spacial score (nSPS) is 15.8. The van der Waals surface area contributed by atoms with Gasteiger partial charge >= 0.3 is 0 Å². The molecule has 0 rings (SSSR count). The van der Waals surface area contributed by atoms with Gasteiger partial charge in [0.2, 0.25) is 0 Å². The van der Waals surface area contributed by atoms with Crippen molar-refractivity contribution in [1.29, 1.82) is 0 Å². The molecule has 0 amide bonds. The third-order valence-corrected chi connectivity index (χ3v) is 4.54. The zero-order chi connectivity index (χ0) is 13.4. The van der Waals surface area contributed by atoms with Gasteiger partial charge in [-0.25, -0.2) is 12.8 Å². The molecule has 0 aliphatic heterocycles. The largest absolute Gasteiger partial charge is 0.381 e. The Labute approximate surface area is 104 Å². The van der Waals surface area contributed by atoms with Crippen molar-refractivity contribution in [2.24, 2.45) is 5.73 Å². The first kappa shape index (κ1) is 16.8. The summed E-state index contributed by atoms with van der Waals surface area (Å²) in [4.78, 5) is 0. The molecule has 0 aromatic heterocycles. The molecule has 1 unspecified atom stereocenters. The molecule has 104 valence electrons. The van der Waals surface area contributed by atoms with Crippen LogP contribution in [0.1, 0.15) is 32.6 Å². The van der Waals surface area contributed by atoms with Crippen molar-refractivity contribution in [3.63, 3.8) is 0 Å². The average Bonchev–Trinajstić information content (AvgIpc) is 2.27. The Morgan fingerprint density at radius 3 is 2.35 bits per heavy atom. The van der Waals surface area contributed by atoms with E-state index in [0.29, 0.717) is 25.8 Å². The van der Waals surface area contributed by atoms with Crippen molar-refractivity contribution >= 4 is 9.84 Å². The lowest BCUT2D eigenvalue weighted by Crippen LogP contribution is -2.30. The van der Waals surface area contributed by atoms with E-state index in [0.717, 1.165) is 0 Å². The third kappa shape index (κ3) is 7.68. The molecule has 2 N–H and O–H groups in total. The van der Waals surface area contributed by atoms with Gasteiger partial charge < -0.3 is 10.5 Å². The molecule has 4 nitrogen and oxygen atoms in total. The number of sulfone groups is 1. The Bertz CT molecular complexity index is 295. The van der Waals surface area contributed by atoms with Crippen molar-refractivity contribution in [2.45, 2.75) is 38.3 Å². The van der Waals surface area contributed by atoms with Crippen LogP contribution >= 0.6 is 0 Å². The van der Waals surface area contributed by atoms with E-state index in [4.69, 9.17) is 10.5 Å². The van der Waals surface area contributed by atoms with Crippen LogP contribution in [-0.2, 0) is 14.6 Å². The lowest BCUT2D eigenvalue weighted by molar-refractivity contribution is 0.0263. The lowest BCUT2D eigenvalue weighted by atomic mass is 9.95. The number of rotatable bonds is 10. The summed E-state index contributed by atoms with van der Waals surface area (Å²) in [5.74, 6) is 0.154. The van der Waals surface area contributed by atoms with E-state index in [1.165, 1.54) is 7.11 Å². The summed E-state index contributed by atoms with van der Waals surface area (Å²) in [6.07, 6.45) is 1.45. The summed E-state index contributed by atoms with van der Waals surface area (Å²) in [5.41, 5.74) is 3.90. The second kappa shape index (κ2) is 8.00. The second-order valence-corrected chi connectivity index (χ2v) is 6.79. The summed E-state index contributed by atoms with van der Waals surface area (Å²) in [6.45, 7) is 2.03. The molecule has 6 heteroatoms. The second-order valence-electron chi connectivity index (χ2n) is 4.32. The fourth-order valence-electron chi connectivity index (χ4n) is 1.70. The number of methoxy groups -OCH3 is 1. The number of nitrogens with two attached hydrogens (primary N) is 1. The zero-order valence-electron chi connectivity index (χ0n) is 10.7. The van der Waals surface area contributed by atoms with Crippen molar-refractivity contribution in [1.82, 2.24) is 0 Å². The van der Waals surface area contributed by atoms with Crippen LogP contribution in [0, 0.1) is 0 Å². The van der Waals surface area contributed by atoms with E-state index in [1.54, 1.807) is 6.92 Å². The first-order valence-electron chi connectivity index (χ1n) is 5.97. The monoisotopic (exact) mass is 269 g/mol. The Hall–Kier alpha value is -0.200. The summed E-state index contributed by atoms with van der Waals surface area (Å²) in [7, 11) is -1.57. The van der Waals surface area contributed by atoms with Crippen LogP contribution in [-0.4, -0.2) is 45.9 Å². The average molecular weight is 269 g/mol. The molecule has 0 aliphatic carbocycles. The smallest absolute Gasteiger partial charge is 0.150 e. The van der Waals surface area contributed by atoms with Gasteiger partial charge in [-0.1, -0.05) is 6.92 Å². The maximum absolute atomic E-state index is 14.3. The van der Waals surface area contributed by atoms with E-state index < -0.39 is 15.5 Å². The zero-order valence-corrected chi connectivity index (χ0v) is 11.6. The van der Waals surface area contributed by atoms with Crippen LogP contribution < -0.4 is 5.73 Å². The number of hydrogen-bond acceptors (Lipinski definition) is 4. The molecular formula is C11H24FNO3S. The molecule has 0 bridgehead atoms. The topological polar surface area (TPSA) is 69.4 Å². The molecule has 0 spiro atoms. The van der Waals surface area contributed by atoms with Gasteiger partial charge in [0, 0.05) is 12.9 Å². The number of hydrogen-bond donors (Lipinski definition) is 1. The minimum absolute atomic E-state index is 0.000821. The van der Waals surface area contributed by atoms with E-state index in [1.807, 2.05) is 0 Å². The van der Waals surface area contributed by atoms with Crippen LogP contribution in [0.5, 0.6) is 0 Å². The first-order valence-corrected chi connectivity index (χ1v) is 7.79. The van der Waals surface area contributed by atoms with Gasteiger partial charge in [-0.05, 0) is 32.2 Å². The SMILES string of the molecule is CCS(=O)(=O)CCCC(F)(CCCN)COC. The number of ether oxygens (including phenoxy) is 1. The van der Waals surface area contributed by atoms with E-state index in [2.05, 4.69) is 0 Å². The fourth-order valence-corrected chi connectivity index (χ4v) is 2.57. The van der Waals surface area contributed by atoms with Crippen molar-refractivity contribution in [3.05, 3.63) is 0 Å². The maximum Gasteiger partial charge on any atom is 0.150 e. The summed E-state index contributed by atoms with van der Waals surface area (Å²) >= 11 is 0. The molecule has 0 fully saturated rings. The Morgan fingerprint density at radius 1 is 1.29 bits per heavy atom. The number of alkyl halides is 1.